The Bertz CT molecular complexity index is 167. The second kappa shape index (κ2) is 6.77. The van der Waals surface area contributed by atoms with E-state index in [-0.39, 0.29) is 0 Å². The molecule has 1 aliphatic rings. The highest BCUT2D eigenvalue weighted by Crippen LogP contribution is 2.31. The van der Waals surface area contributed by atoms with Crippen LogP contribution in [0.25, 0.3) is 0 Å². The van der Waals surface area contributed by atoms with E-state index in [9.17, 15) is 5.11 Å². The van der Waals surface area contributed by atoms with Gasteiger partial charge < -0.3 is 10.4 Å². The van der Waals surface area contributed by atoms with Crippen molar-refractivity contribution in [3.8, 4) is 0 Å². The molecule has 0 aromatic rings. The fraction of sp³-hybridized carbons (Fsp3) is 1.00. The Labute approximate surface area is 98.2 Å². The topological polar surface area (TPSA) is 32.3 Å². The van der Waals surface area contributed by atoms with Gasteiger partial charge in [0.2, 0.25) is 0 Å². The standard InChI is InChI=1S/C12H25NOS/c1-11-4-6-12(14,7-5-11)10-13-8-3-9-15-2/h11,13-14H,3-10H2,1-2H3. The maximum absolute atomic E-state index is 10.3. The number of rotatable bonds is 6. The summed E-state index contributed by atoms with van der Waals surface area (Å²) in [7, 11) is 0. The Morgan fingerprint density at radius 2 is 2.07 bits per heavy atom. The molecule has 0 aliphatic heterocycles. The molecule has 0 bridgehead atoms. The molecule has 0 aromatic carbocycles. The SMILES string of the molecule is CSCCCNCC1(O)CCC(C)CC1. The molecule has 0 amide bonds. The molecule has 1 saturated carbocycles. The molecule has 1 aliphatic carbocycles. The van der Waals surface area contributed by atoms with Gasteiger partial charge in [0.05, 0.1) is 5.60 Å². The number of nitrogens with one attached hydrogen (secondary N) is 1. The molecule has 1 fully saturated rings. The van der Waals surface area contributed by atoms with Gasteiger partial charge in [-0.3, -0.25) is 0 Å². The maximum atomic E-state index is 10.3. The predicted molar refractivity (Wildman–Crippen MR) is 68.5 cm³/mol. The quantitative estimate of drug-likeness (QED) is 0.688. The van der Waals surface area contributed by atoms with E-state index in [1.165, 1.54) is 25.0 Å². The zero-order chi connectivity index (χ0) is 11.1. The predicted octanol–water partition coefficient (Wildman–Crippen LogP) is 2.27. The third-order valence-electron chi connectivity index (χ3n) is 3.36. The Morgan fingerprint density at radius 1 is 1.40 bits per heavy atom. The van der Waals surface area contributed by atoms with E-state index in [1.54, 1.807) is 0 Å². The van der Waals surface area contributed by atoms with Gasteiger partial charge in [-0.05, 0) is 56.6 Å². The Hall–Kier alpha value is 0.270. The average Bonchev–Trinajstić information content (AvgIpc) is 2.23. The van der Waals surface area contributed by atoms with Crippen LogP contribution in [0.3, 0.4) is 0 Å². The Morgan fingerprint density at radius 3 is 2.67 bits per heavy atom. The summed E-state index contributed by atoms with van der Waals surface area (Å²) in [6.45, 7) is 4.11. The lowest BCUT2D eigenvalue weighted by Gasteiger charge is -2.35. The summed E-state index contributed by atoms with van der Waals surface area (Å²) in [5.74, 6) is 2.02. The van der Waals surface area contributed by atoms with E-state index in [1.807, 2.05) is 11.8 Å². The smallest absolute Gasteiger partial charge is 0.0771 e. The van der Waals surface area contributed by atoms with E-state index in [0.717, 1.165) is 31.8 Å². The lowest BCUT2D eigenvalue weighted by Crippen LogP contribution is -2.43. The highest BCUT2D eigenvalue weighted by molar-refractivity contribution is 7.98. The summed E-state index contributed by atoms with van der Waals surface area (Å²) in [4.78, 5) is 0. The van der Waals surface area contributed by atoms with Crippen molar-refractivity contribution >= 4 is 11.8 Å². The minimum Gasteiger partial charge on any atom is -0.389 e. The van der Waals surface area contributed by atoms with Crippen molar-refractivity contribution in [2.75, 3.05) is 25.1 Å². The van der Waals surface area contributed by atoms with Gasteiger partial charge in [-0.25, -0.2) is 0 Å². The van der Waals surface area contributed by atoms with E-state index in [2.05, 4.69) is 18.5 Å². The average molecular weight is 231 g/mol. The lowest BCUT2D eigenvalue weighted by molar-refractivity contribution is -0.00586. The Balaban J connectivity index is 2.08. The molecule has 2 N–H and O–H groups in total. The molecule has 0 aromatic heterocycles. The van der Waals surface area contributed by atoms with Crippen LogP contribution in [0.4, 0.5) is 0 Å². The Kier molecular flexibility index (Phi) is 6.02. The molecule has 0 radical (unpaired) electrons. The van der Waals surface area contributed by atoms with Gasteiger partial charge in [0, 0.05) is 6.54 Å². The highest BCUT2D eigenvalue weighted by atomic mass is 32.2. The second-order valence-electron chi connectivity index (χ2n) is 4.93. The van der Waals surface area contributed by atoms with Crippen LogP contribution >= 0.6 is 11.8 Å². The van der Waals surface area contributed by atoms with Crippen LogP contribution in [0, 0.1) is 5.92 Å². The number of thioether (sulfide) groups is 1. The van der Waals surface area contributed by atoms with Crippen LogP contribution in [0.5, 0.6) is 0 Å². The normalized spacial score (nSPS) is 31.8. The zero-order valence-electron chi connectivity index (χ0n) is 10.1. The molecule has 3 heteroatoms. The third-order valence-corrected chi connectivity index (χ3v) is 4.06. The highest BCUT2D eigenvalue weighted by Gasteiger charge is 2.30. The zero-order valence-corrected chi connectivity index (χ0v) is 10.9. The van der Waals surface area contributed by atoms with Gasteiger partial charge in [0.15, 0.2) is 0 Å². The van der Waals surface area contributed by atoms with Crippen LogP contribution in [0.1, 0.15) is 39.0 Å². The molecule has 1 rings (SSSR count). The number of hydrogen-bond donors (Lipinski definition) is 2. The van der Waals surface area contributed by atoms with Crippen molar-refractivity contribution in [2.24, 2.45) is 5.92 Å². The first-order valence-electron chi connectivity index (χ1n) is 6.08. The molecule has 2 nitrogen and oxygen atoms in total. The maximum Gasteiger partial charge on any atom is 0.0771 e. The fourth-order valence-electron chi connectivity index (χ4n) is 2.14. The summed E-state index contributed by atoms with van der Waals surface area (Å²) >= 11 is 1.88. The third kappa shape index (κ3) is 5.23. The number of aliphatic hydroxyl groups is 1. The molecule has 90 valence electrons. The van der Waals surface area contributed by atoms with Crippen molar-refractivity contribution in [3.05, 3.63) is 0 Å². The van der Waals surface area contributed by atoms with E-state index in [4.69, 9.17) is 0 Å². The summed E-state index contributed by atoms with van der Waals surface area (Å²) in [5, 5.41) is 13.7. The summed E-state index contributed by atoms with van der Waals surface area (Å²) in [6.07, 6.45) is 7.66. The molecule has 0 unspecified atom stereocenters. The molecular weight excluding hydrogens is 206 g/mol. The minimum atomic E-state index is -0.411. The van der Waals surface area contributed by atoms with Gasteiger partial charge in [-0.1, -0.05) is 6.92 Å². The second-order valence-corrected chi connectivity index (χ2v) is 5.92. The fourth-order valence-corrected chi connectivity index (χ4v) is 2.57. The van der Waals surface area contributed by atoms with Crippen molar-refractivity contribution in [2.45, 2.75) is 44.6 Å². The minimum absolute atomic E-state index is 0.411. The summed E-state index contributed by atoms with van der Waals surface area (Å²) in [5.41, 5.74) is -0.411. The van der Waals surface area contributed by atoms with Crippen molar-refractivity contribution < 1.29 is 5.11 Å². The van der Waals surface area contributed by atoms with Crippen molar-refractivity contribution in [3.63, 3.8) is 0 Å². The van der Waals surface area contributed by atoms with Gasteiger partial charge in [0.25, 0.3) is 0 Å². The van der Waals surface area contributed by atoms with E-state index < -0.39 is 5.60 Å². The molecule has 0 heterocycles. The van der Waals surface area contributed by atoms with E-state index in [0.29, 0.717) is 0 Å². The molecule has 0 atom stereocenters. The van der Waals surface area contributed by atoms with Crippen molar-refractivity contribution in [1.29, 1.82) is 0 Å². The van der Waals surface area contributed by atoms with Gasteiger partial charge in [-0.2, -0.15) is 11.8 Å². The van der Waals surface area contributed by atoms with Crippen LogP contribution in [0.15, 0.2) is 0 Å². The molecule has 0 spiro atoms. The van der Waals surface area contributed by atoms with Crippen LogP contribution in [0.2, 0.25) is 0 Å². The monoisotopic (exact) mass is 231 g/mol. The molecular formula is C12H25NOS. The molecule has 15 heavy (non-hydrogen) atoms. The van der Waals surface area contributed by atoms with Crippen molar-refractivity contribution in [1.82, 2.24) is 5.32 Å². The first-order chi connectivity index (χ1) is 7.16. The number of hydrogen-bond acceptors (Lipinski definition) is 3. The van der Waals surface area contributed by atoms with Crippen LogP contribution < -0.4 is 5.32 Å². The molecule has 0 saturated heterocycles. The summed E-state index contributed by atoms with van der Waals surface area (Å²) in [6, 6.07) is 0. The van der Waals surface area contributed by atoms with Crippen LogP contribution in [-0.2, 0) is 0 Å². The van der Waals surface area contributed by atoms with Gasteiger partial charge >= 0.3 is 0 Å². The van der Waals surface area contributed by atoms with Crippen LogP contribution in [-0.4, -0.2) is 35.8 Å². The largest absolute Gasteiger partial charge is 0.389 e. The van der Waals surface area contributed by atoms with Gasteiger partial charge in [0.1, 0.15) is 0 Å². The first-order valence-corrected chi connectivity index (χ1v) is 7.48. The summed E-state index contributed by atoms with van der Waals surface area (Å²) < 4.78 is 0. The lowest BCUT2D eigenvalue weighted by atomic mass is 9.79. The first kappa shape index (κ1) is 13.3. The van der Waals surface area contributed by atoms with E-state index >= 15 is 0 Å². The van der Waals surface area contributed by atoms with Gasteiger partial charge in [-0.15, -0.1) is 0 Å².